The van der Waals surface area contributed by atoms with E-state index < -0.39 is 5.97 Å². The van der Waals surface area contributed by atoms with Crippen LogP contribution in [0.3, 0.4) is 0 Å². The Labute approximate surface area is 85.5 Å². The van der Waals surface area contributed by atoms with Crippen LogP contribution in [0.25, 0.3) is 0 Å². The molecule has 0 aromatic carbocycles. The molecule has 0 amide bonds. The maximum absolute atomic E-state index is 11.1. The Kier molecular flexibility index (Phi) is 3.53. The van der Waals surface area contributed by atoms with Crippen LogP contribution in [0.2, 0.25) is 0 Å². The maximum Gasteiger partial charge on any atom is 0.307 e. The predicted molar refractivity (Wildman–Crippen MR) is 54.1 cm³/mol. The molecule has 2 atom stereocenters. The molecule has 2 unspecified atom stereocenters. The number of rotatable bonds is 3. The highest BCUT2D eigenvalue weighted by Gasteiger charge is 2.34. The average molecular weight is 200 g/mol. The Morgan fingerprint density at radius 1 is 1.57 bits per heavy atom. The van der Waals surface area contributed by atoms with E-state index in [2.05, 4.69) is 0 Å². The monoisotopic (exact) mass is 200 g/mol. The second-order valence-corrected chi connectivity index (χ2v) is 5.22. The van der Waals surface area contributed by atoms with Crippen molar-refractivity contribution in [1.82, 2.24) is 0 Å². The highest BCUT2D eigenvalue weighted by atomic mass is 16.5. The molecule has 0 radical (unpaired) electrons. The third-order valence-corrected chi connectivity index (χ3v) is 2.94. The van der Waals surface area contributed by atoms with Crippen LogP contribution in [0.5, 0.6) is 0 Å². The molecule has 3 heteroatoms. The number of ether oxygens (including phenoxy) is 1. The topological polar surface area (TPSA) is 46.5 Å². The predicted octanol–water partition coefficient (Wildman–Crippen LogP) is 2.16. The quantitative estimate of drug-likeness (QED) is 0.759. The zero-order chi connectivity index (χ0) is 10.8. The van der Waals surface area contributed by atoms with Gasteiger partial charge in [-0.15, -0.1) is 0 Å². The summed E-state index contributed by atoms with van der Waals surface area (Å²) in [5.41, 5.74) is -0.158. The fourth-order valence-electron chi connectivity index (χ4n) is 1.93. The first-order valence-corrected chi connectivity index (χ1v) is 5.22. The molecular formula is C11H20O3. The van der Waals surface area contributed by atoms with Gasteiger partial charge in [-0.05, 0) is 24.2 Å². The van der Waals surface area contributed by atoms with Crippen molar-refractivity contribution in [2.24, 2.45) is 17.3 Å². The summed E-state index contributed by atoms with van der Waals surface area (Å²) in [5.74, 6) is -0.492. The molecule has 0 aliphatic carbocycles. The van der Waals surface area contributed by atoms with E-state index >= 15 is 0 Å². The molecule has 1 saturated heterocycles. The summed E-state index contributed by atoms with van der Waals surface area (Å²) in [6, 6.07) is 0. The lowest BCUT2D eigenvalue weighted by Gasteiger charge is -2.28. The van der Waals surface area contributed by atoms with E-state index in [1.807, 2.05) is 20.8 Å². The van der Waals surface area contributed by atoms with Gasteiger partial charge >= 0.3 is 5.97 Å². The Morgan fingerprint density at radius 3 is 2.57 bits per heavy atom. The van der Waals surface area contributed by atoms with Gasteiger partial charge in [0.2, 0.25) is 0 Å². The van der Waals surface area contributed by atoms with Crippen LogP contribution in [0, 0.1) is 17.3 Å². The van der Waals surface area contributed by atoms with Crippen molar-refractivity contribution in [3.8, 4) is 0 Å². The van der Waals surface area contributed by atoms with Crippen molar-refractivity contribution >= 4 is 5.97 Å². The van der Waals surface area contributed by atoms with Crippen LogP contribution in [0.15, 0.2) is 0 Å². The van der Waals surface area contributed by atoms with Crippen molar-refractivity contribution < 1.29 is 14.6 Å². The van der Waals surface area contributed by atoms with E-state index in [4.69, 9.17) is 9.84 Å². The smallest absolute Gasteiger partial charge is 0.307 e. The number of carboxylic acids is 1. The summed E-state index contributed by atoms with van der Waals surface area (Å²) in [7, 11) is 0. The van der Waals surface area contributed by atoms with Gasteiger partial charge in [0.25, 0.3) is 0 Å². The molecule has 1 aliphatic rings. The average Bonchev–Trinajstić information content (AvgIpc) is 2.48. The largest absolute Gasteiger partial charge is 0.481 e. The van der Waals surface area contributed by atoms with Crippen molar-refractivity contribution in [3.05, 3.63) is 0 Å². The van der Waals surface area contributed by atoms with Gasteiger partial charge in [0.1, 0.15) is 0 Å². The summed E-state index contributed by atoms with van der Waals surface area (Å²) in [6.45, 7) is 7.49. The van der Waals surface area contributed by atoms with Crippen molar-refractivity contribution in [2.75, 3.05) is 13.2 Å². The summed E-state index contributed by atoms with van der Waals surface area (Å²) in [6.07, 6.45) is 1.76. The maximum atomic E-state index is 11.1. The van der Waals surface area contributed by atoms with Gasteiger partial charge in [-0.1, -0.05) is 20.8 Å². The molecule has 0 aromatic rings. The lowest BCUT2D eigenvalue weighted by molar-refractivity contribution is -0.146. The molecule has 1 heterocycles. The van der Waals surface area contributed by atoms with Crippen LogP contribution in [0.1, 0.15) is 33.6 Å². The second kappa shape index (κ2) is 4.30. The van der Waals surface area contributed by atoms with E-state index in [1.54, 1.807) is 0 Å². The van der Waals surface area contributed by atoms with Crippen LogP contribution in [-0.2, 0) is 9.53 Å². The van der Waals surface area contributed by atoms with Gasteiger partial charge < -0.3 is 9.84 Å². The molecule has 1 N–H and O–H groups in total. The highest BCUT2D eigenvalue weighted by molar-refractivity contribution is 5.70. The van der Waals surface area contributed by atoms with Gasteiger partial charge in [-0.2, -0.15) is 0 Å². The van der Waals surface area contributed by atoms with Gasteiger partial charge in [-0.3, -0.25) is 4.79 Å². The first-order valence-electron chi connectivity index (χ1n) is 5.22. The molecule has 82 valence electrons. The van der Waals surface area contributed by atoms with Crippen LogP contribution < -0.4 is 0 Å². The normalized spacial score (nSPS) is 24.9. The minimum Gasteiger partial charge on any atom is -0.481 e. The highest BCUT2D eigenvalue weighted by Crippen LogP contribution is 2.33. The Hall–Kier alpha value is -0.570. The zero-order valence-electron chi connectivity index (χ0n) is 9.25. The second-order valence-electron chi connectivity index (χ2n) is 5.22. The van der Waals surface area contributed by atoms with E-state index in [-0.39, 0.29) is 11.3 Å². The van der Waals surface area contributed by atoms with Crippen molar-refractivity contribution in [1.29, 1.82) is 0 Å². The van der Waals surface area contributed by atoms with Crippen molar-refractivity contribution in [2.45, 2.75) is 33.6 Å². The molecule has 0 spiro atoms. The first-order chi connectivity index (χ1) is 6.41. The molecular weight excluding hydrogens is 180 g/mol. The lowest BCUT2D eigenvalue weighted by atomic mass is 9.75. The van der Waals surface area contributed by atoms with E-state index in [1.165, 1.54) is 0 Å². The zero-order valence-corrected chi connectivity index (χ0v) is 9.25. The summed E-state index contributed by atoms with van der Waals surface area (Å²) in [4.78, 5) is 11.1. The lowest BCUT2D eigenvalue weighted by Crippen LogP contribution is -2.30. The molecule has 3 nitrogen and oxygen atoms in total. The van der Waals surface area contributed by atoms with Gasteiger partial charge in [-0.25, -0.2) is 0 Å². The SMILES string of the molecule is CC(C)(C)C(CC1CCOC1)C(=O)O. The van der Waals surface area contributed by atoms with E-state index in [0.29, 0.717) is 5.92 Å². The fraction of sp³-hybridized carbons (Fsp3) is 0.909. The molecule has 0 saturated carbocycles. The Morgan fingerprint density at radius 2 is 2.21 bits per heavy atom. The number of carbonyl (C=O) groups is 1. The van der Waals surface area contributed by atoms with Crippen LogP contribution in [-0.4, -0.2) is 24.3 Å². The first kappa shape index (κ1) is 11.5. The third-order valence-electron chi connectivity index (χ3n) is 2.94. The number of aliphatic carboxylic acids is 1. The number of carboxylic acid groups (broad SMARTS) is 1. The molecule has 14 heavy (non-hydrogen) atoms. The minimum atomic E-state index is -0.676. The standard InChI is InChI=1S/C11H20O3/c1-11(2,3)9(10(12)13)6-8-4-5-14-7-8/h8-9H,4-7H2,1-3H3,(H,12,13). The summed E-state index contributed by atoms with van der Waals surface area (Å²) >= 11 is 0. The number of hydrogen-bond donors (Lipinski definition) is 1. The molecule has 1 aliphatic heterocycles. The van der Waals surface area contributed by atoms with E-state index in [0.717, 1.165) is 26.1 Å². The summed E-state index contributed by atoms with van der Waals surface area (Å²) in [5, 5.41) is 9.13. The molecule has 1 rings (SSSR count). The molecule has 1 fully saturated rings. The number of hydrogen-bond acceptors (Lipinski definition) is 2. The molecule has 0 aromatic heterocycles. The van der Waals surface area contributed by atoms with Gasteiger partial charge in [0.15, 0.2) is 0 Å². The van der Waals surface area contributed by atoms with Crippen molar-refractivity contribution in [3.63, 3.8) is 0 Å². The summed E-state index contributed by atoms with van der Waals surface area (Å²) < 4.78 is 5.26. The minimum absolute atomic E-state index is 0.158. The Balaban J connectivity index is 2.55. The fourth-order valence-corrected chi connectivity index (χ4v) is 1.93. The van der Waals surface area contributed by atoms with E-state index in [9.17, 15) is 4.79 Å². The van der Waals surface area contributed by atoms with Gasteiger partial charge in [0, 0.05) is 13.2 Å². The Bertz CT molecular complexity index is 199. The third kappa shape index (κ3) is 2.98. The van der Waals surface area contributed by atoms with Crippen LogP contribution >= 0.6 is 0 Å². The molecule has 0 bridgehead atoms. The van der Waals surface area contributed by atoms with Gasteiger partial charge in [0.05, 0.1) is 5.92 Å². The van der Waals surface area contributed by atoms with Crippen LogP contribution in [0.4, 0.5) is 0 Å².